The highest BCUT2D eigenvalue weighted by Crippen LogP contribution is 2.64. The fourth-order valence-corrected chi connectivity index (χ4v) is 3.18. The average molecular weight is 719 g/mol. The third-order valence-electron chi connectivity index (χ3n) is 4.77. The molecule has 0 saturated heterocycles. The third kappa shape index (κ3) is 5.89. The molecule has 1 amide bonds. The van der Waals surface area contributed by atoms with Crippen molar-refractivity contribution >= 4 is 28.5 Å². The van der Waals surface area contributed by atoms with Crippen molar-refractivity contribution in [2.24, 2.45) is 0 Å². The first-order valence-corrected chi connectivity index (χ1v) is 10.6. The fraction of sp³-hybridized carbons (Fsp3) is 0.526. The van der Waals surface area contributed by atoms with E-state index >= 15 is 0 Å². The smallest absolute Gasteiger partial charge is 0.352 e. The van der Waals surface area contributed by atoms with Gasteiger partial charge in [-0.2, -0.15) is 74.6 Å². The summed E-state index contributed by atoms with van der Waals surface area (Å²) < 4.78 is 224. The molecule has 0 aromatic heterocycles. The highest BCUT2D eigenvalue weighted by molar-refractivity contribution is 14.1. The van der Waals surface area contributed by atoms with E-state index in [1.807, 2.05) is 5.32 Å². The van der Waals surface area contributed by atoms with Crippen LogP contribution in [0.25, 0.3) is 0 Å². The summed E-state index contributed by atoms with van der Waals surface area (Å²) in [7, 11) is 0. The number of amides is 1. The predicted molar refractivity (Wildman–Crippen MR) is 106 cm³/mol. The molecule has 39 heavy (non-hydrogen) atoms. The van der Waals surface area contributed by atoms with Crippen molar-refractivity contribution in [3.05, 3.63) is 45.6 Å². The number of alkyl halides is 17. The molecule has 0 bridgehead atoms. The molecule has 0 fully saturated rings. The monoisotopic (exact) mass is 719 g/mol. The van der Waals surface area contributed by atoms with Crippen LogP contribution in [0.1, 0.15) is 16.8 Å². The Morgan fingerprint density at radius 1 is 0.641 bits per heavy atom. The van der Waals surface area contributed by atoms with Crippen LogP contribution in [0.2, 0.25) is 0 Å². The van der Waals surface area contributed by atoms with Gasteiger partial charge in [0, 0.05) is 18.2 Å². The van der Waals surface area contributed by atoms with Crippen LogP contribution in [0.5, 0.6) is 0 Å². The molecule has 0 spiro atoms. The molecule has 1 N–H and O–H groups in total. The Morgan fingerprint density at radius 3 is 1.44 bits per heavy atom. The van der Waals surface area contributed by atoms with Gasteiger partial charge in [-0.25, -0.2) is 0 Å². The Hall–Kier alpha value is -2.03. The van der Waals surface area contributed by atoms with Crippen LogP contribution in [0.15, 0.2) is 40.0 Å². The number of rotatable bonds is 11. The lowest BCUT2D eigenvalue weighted by Crippen LogP contribution is -2.74. The lowest BCUT2D eigenvalue weighted by Gasteiger charge is -2.42. The zero-order chi connectivity index (χ0) is 31.1. The maximum atomic E-state index is 13.9. The van der Waals surface area contributed by atoms with E-state index in [0.717, 1.165) is 22.6 Å². The van der Waals surface area contributed by atoms with E-state index in [9.17, 15) is 79.4 Å². The van der Waals surface area contributed by atoms with E-state index in [2.05, 4.69) is 0 Å². The first-order chi connectivity index (χ1) is 17.1. The molecular weight excluding hydrogens is 708 g/mol. The molecule has 1 aromatic rings. The standard InChI is InChI=1S/C19H11F17INO/c20-12(21,8-10(37)6-7-38-11(39)9-4-2-1-3-5-9)13(22,23)14(24,25)15(26,27)16(28,29)17(30,31)18(32,33)19(34,35)36/h1-5,8H,6-7H2,(H,38,39). The maximum absolute atomic E-state index is 13.9. The van der Waals surface area contributed by atoms with Gasteiger partial charge >= 0.3 is 47.6 Å². The molecule has 0 atom stereocenters. The van der Waals surface area contributed by atoms with Gasteiger partial charge in [-0.1, -0.05) is 18.2 Å². The zero-order valence-electron chi connectivity index (χ0n) is 18.1. The Labute approximate surface area is 219 Å². The molecular formula is C19H11F17INO. The van der Waals surface area contributed by atoms with Crippen LogP contribution >= 0.6 is 22.6 Å². The number of carbonyl (C=O) groups is 1. The Bertz CT molecular complexity index is 1050. The Balaban J connectivity index is 3.30. The van der Waals surface area contributed by atoms with Gasteiger partial charge in [0.05, 0.1) is 0 Å². The average Bonchev–Trinajstić information content (AvgIpc) is 2.77. The van der Waals surface area contributed by atoms with Crippen LogP contribution < -0.4 is 5.32 Å². The molecule has 0 unspecified atom stereocenters. The van der Waals surface area contributed by atoms with E-state index in [1.165, 1.54) is 30.3 Å². The molecule has 0 aliphatic rings. The van der Waals surface area contributed by atoms with Crippen molar-refractivity contribution in [3.63, 3.8) is 0 Å². The van der Waals surface area contributed by atoms with Crippen molar-refractivity contribution in [1.29, 1.82) is 0 Å². The van der Waals surface area contributed by atoms with Gasteiger partial charge in [0.15, 0.2) is 0 Å². The summed E-state index contributed by atoms with van der Waals surface area (Å²) in [5, 5.41) is 2.04. The van der Waals surface area contributed by atoms with Gasteiger partial charge in [0.25, 0.3) is 5.91 Å². The molecule has 1 aromatic carbocycles. The largest absolute Gasteiger partial charge is 0.460 e. The second kappa shape index (κ2) is 10.7. The van der Waals surface area contributed by atoms with Crippen molar-refractivity contribution < 1.29 is 79.4 Å². The summed E-state index contributed by atoms with van der Waals surface area (Å²) in [6.45, 7) is -0.687. The van der Waals surface area contributed by atoms with E-state index in [-0.39, 0.29) is 5.56 Å². The minimum Gasteiger partial charge on any atom is -0.352 e. The van der Waals surface area contributed by atoms with Gasteiger partial charge in [-0.3, -0.25) is 4.79 Å². The summed E-state index contributed by atoms with van der Waals surface area (Å²) in [5.41, 5.74) is 0.00375. The van der Waals surface area contributed by atoms with Crippen molar-refractivity contribution in [1.82, 2.24) is 5.32 Å². The van der Waals surface area contributed by atoms with Crippen LogP contribution in [-0.4, -0.2) is 60.1 Å². The zero-order valence-corrected chi connectivity index (χ0v) is 20.2. The molecule has 20 heteroatoms. The number of allylic oxidation sites excluding steroid dienone is 1. The van der Waals surface area contributed by atoms with Gasteiger partial charge in [0.1, 0.15) is 0 Å². The molecule has 0 aliphatic carbocycles. The number of hydrogen-bond donors (Lipinski definition) is 1. The van der Waals surface area contributed by atoms with Crippen LogP contribution in [0.4, 0.5) is 74.6 Å². The molecule has 0 heterocycles. The Kier molecular flexibility index (Phi) is 9.65. The van der Waals surface area contributed by atoms with Crippen molar-refractivity contribution in [3.8, 4) is 0 Å². The summed E-state index contributed by atoms with van der Waals surface area (Å²) >= 11 is 0.737. The van der Waals surface area contributed by atoms with E-state index in [0.29, 0.717) is 0 Å². The van der Waals surface area contributed by atoms with Gasteiger partial charge in [-0.15, -0.1) is 0 Å². The summed E-state index contributed by atoms with van der Waals surface area (Å²) in [6, 6.07) is 6.79. The lowest BCUT2D eigenvalue weighted by molar-refractivity contribution is -0.459. The van der Waals surface area contributed by atoms with Crippen LogP contribution in [0, 0.1) is 0 Å². The highest BCUT2D eigenvalue weighted by Gasteiger charge is 2.95. The number of hydrogen-bond acceptors (Lipinski definition) is 1. The molecule has 224 valence electrons. The SMILES string of the molecule is O=C(NCCC(I)=CC(F)(F)C(F)(F)C(F)(F)C(F)(F)C(F)(F)C(F)(F)C(F)(F)C(F)(F)F)c1ccccc1. The summed E-state index contributed by atoms with van der Waals surface area (Å²) in [4.78, 5) is 11.8. The fourth-order valence-electron chi connectivity index (χ4n) is 2.52. The number of nitrogens with one attached hydrogen (secondary N) is 1. The second-order valence-electron chi connectivity index (χ2n) is 7.53. The summed E-state index contributed by atoms with van der Waals surface area (Å²) in [6.07, 6.45) is -9.90. The normalized spacial score (nSPS) is 15.4. The molecule has 0 radical (unpaired) electrons. The Morgan fingerprint density at radius 2 is 1.03 bits per heavy atom. The van der Waals surface area contributed by atoms with Crippen molar-refractivity contribution in [2.45, 2.75) is 54.1 Å². The number of benzene rings is 1. The number of halogens is 18. The predicted octanol–water partition coefficient (Wildman–Crippen LogP) is 8.13. The number of carbonyl (C=O) groups excluding carboxylic acids is 1. The van der Waals surface area contributed by atoms with Gasteiger partial charge < -0.3 is 5.32 Å². The highest BCUT2D eigenvalue weighted by atomic mass is 127. The lowest BCUT2D eigenvalue weighted by atomic mass is 9.89. The van der Waals surface area contributed by atoms with E-state index in [4.69, 9.17) is 0 Å². The topological polar surface area (TPSA) is 29.1 Å². The molecule has 0 aliphatic heterocycles. The molecule has 2 nitrogen and oxygen atoms in total. The van der Waals surface area contributed by atoms with Crippen LogP contribution in [0.3, 0.4) is 0 Å². The van der Waals surface area contributed by atoms with E-state index < -0.39 is 76.2 Å². The minimum absolute atomic E-state index is 0.00375. The first kappa shape index (κ1) is 35.0. The van der Waals surface area contributed by atoms with Gasteiger partial charge in [0.2, 0.25) is 0 Å². The quantitative estimate of drug-likeness (QED) is 0.182. The second-order valence-corrected chi connectivity index (χ2v) is 8.92. The molecule has 1 rings (SSSR count). The molecule has 0 saturated carbocycles. The first-order valence-electron chi connectivity index (χ1n) is 9.55. The minimum atomic E-state index is -8.67. The van der Waals surface area contributed by atoms with Crippen LogP contribution in [-0.2, 0) is 0 Å². The van der Waals surface area contributed by atoms with E-state index in [1.54, 1.807) is 0 Å². The maximum Gasteiger partial charge on any atom is 0.460 e. The van der Waals surface area contributed by atoms with Gasteiger partial charge in [-0.05, 0) is 44.7 Å². The van der Waals surface area contributed by atoms with Crippen molar-refractivity contribution in [2.75, 3.05) is 6.54 Å². The third-order valence-corrected chi connectivity index (χ3v) is 5.62. The summed E-state index contributed by atoms with van der Waals surface area (Å²) in [5.74, 6) is -57.6.